The molecular formula is C83H137NO31. The van der Waals surface area contributed by atoms with E-state index in [1.165, 1.54) is 90.4 Å². The summed E-state index contributed by atoms with van der Waals surface area (Å²) in [6.07, 6.45) is -1.39. The first-order valence-electron chi connectivity index (χ1n) is 41.8. The Morgan fingerprint density at radius 3 is 1.05 bits per heavy atom. The van der Waals surface area contributed by atoms with E-state index in [9.17, 15) is 57.5 Å². The van der Waals surface area contributed by atoms with E-state index in [1.807, 2.05) is 0 Å². The maximum atomic E-state index is 15.1. The van der Waals surface area contributed by atoms with Crippen molar-refractivity contribution in [3.63, 3.8) is 0 Å². The SMILES string of the molecule is CCCCCCCCCCCCCCCCCCCCCC[C@@H](OC(C)=O)C(=O)N[C@@H](CO[C@@H]1O[C@H](COC(C)=O)[C@@H](O[C@@H]2O[C@H](COC(C)=O)[C@H](OC(C)=O)[C@H](OC(C)=O)[C@H]2OC(C)=O)[C@H](O[C@@H]2O[C@@H](C)[C@@H](OC(C)=O)[C@@H](OC(C)=O)[C@@H]2OC(C)=O)[C@H]1OC(C)=O)[C@H](OC(C)=O)[C@@H](CCCCCCCCCCC(C)C)OC(C)=O. The molecule has 115 heavy (non-hydrogen) atoms. The van der Waals surface area contributed by atoms with E-state index < -0.39 is 214 Å². The zero-order chi connectivity index (χ0) is 85.5. The topological polar surface area (TPSA) is 400 Å². The lowest BCUT2D eigenvalue weighted by Crippen LogP contribution is -2.69. The van der Waals surface area contributed by atoms with Gasteiger partial charge in [-0.05, 0) is 38.5 Å². The molecule has 19 atom stereocenters. The van der Waals surface area contributed by atoms with E-state index in [2.05, 4.69) is 26.1 Å². The molecular weight excluding hydrogens is 1510 g/mol. The summed E-state index contributed by atoms with van der Waals surface area (Å²) in [5.41, 5.74) is 0. The third-order valence-corrected chi connectivity index (χ3v) is 19.6. The number of carbonyl (C=O) groups is 13. The summed E-state index contributed by atoms with van der Waals surface area (Å²) in [6, 6.07) is -1.63. The number of amides is 1. The Labute approximate surface area is 679 Å². The van der Waals surface area contributed by atoms with Crippen LogP contribution in [-0.2, 0) is 148 Å². The second-order valence-corrected chi connectivity index (χ2v) is 30.7. The van der Waals surface area contributed by atoms with Crippen LogP contribution in [0, 0.1) is 5.92 Å². The summed E-state index contributed by atoms with van der Waals surface area (Å²) in [5, 5.41) is 2.86. The molecule has 3 aliphatic rings. The molecule has 0 unspecified atom stereocenters. The summed E-state index contributed by atoms with van der Waals surface area (Å²) >= 11 is 0. The predicted octanol–water partition coefficient (Wildman–Crippen LogP) is 11.7. The molecule has 660 valence electrons. The third-order valence-electron chi connectivity index (χ3n) is 19.6. The van der Waals surface area contributed by atoms with Gasteiger partial charge in [-0.2, -0.15) is 0 Å². The van der Waals surface area contributed by atoms with Crippen molar-refractivity contribution in [1.82, 2.24) is 5.32 Å². The summed E-state index contributed by atoms with van der Waals surface area (Å²) < 4.78 is 109. The molecule has 3 fully saturated rings. The zero-order valence-electron chi connectivity index (χ0n) is 71.2. The Morgan fingerprint density at radius 2 is 0.652 bits per heavy atom. The van der Waals surface area contributed by atoms with Gasteiger partial charge in [-0.15, -0.1) is 0 Å². The van der Waals surface area contributed by atoms with E-state index in [1.54, 1.807) is 0 Å². The van der Waals surface area contributed by atoms with Gasteiger partial charge in [0.1, 0.15) is 43.7 Å². The van der Waals surface area contributed by atoms with Gasteiger partial charge >= 0.3 is 71.6 Å². The van der Waals surface area contributed by atoms with Crippen LogP contribution in [0.2, 0.25) is 0 Å². The van der Waals surface area contributed by atoms with E-state index in [0.29, 0.717) is 31.6 Å². The minimum atomic E-state index is -2.14. The molecule has 1 amide bonds. The molecule has 3 aliphatic heterocycles. The van der Waals surface area contributed by atoms with E-state index >= 15 is 4.79 Å². The van der Waals surface area contributed by atoms with Gasteiger partial charge in [0.15, 0.2) is 73.8 Å². The van der Waals surface area contributed by atoms with Crippen molar-refractivity contribution in [2.45, 2.75) is 426 Å². The molecule has 3 heterocycles. The molecule has 0 spiro atoms. The summed E-state index contributed by atoms with van der Waals surface area (Å²) in [4.78, 5) is 173. The number of rotatable bonds is 57. The second kappa shape index (κ2) is 57.1. The number of hydrogen-bond acceptors (Lipinski definition) is 31. The number of ether oxygens (including phenoxy) is 18. The number of carbonyl (C=O) groups excluding carboxylic acids is 13. The highest BCUT2D eigenvalue weighted by molar-refractivity contribution is 5.83. The fourth-order valence-electron chi connectivity index (χ4n) is 14.5. The van der Waals surface area contributed by atoms with Gasteiger partial charge in [0, 0.05) is 83.1 Å². The number of nitrogens with one attached hydrogen (secondary N) is 1. The first kappa shape index (κ1) is 102. The van der Waals surface area contributed by atoms with Crippen LogP contribution in [0.25, 0.3) is 0 Å². The highest BCUT2D eigenvalue weighted by Gasteiger charge is 2.60. The van der Waals surface area contributed by atoms with Crippen molar-refractivity contribution in [2.24, 2.45) is 5.92 Å². The summed E-state index contributed by atoms with van der Waals surface area (Å²) in [6.45, 7) is 17.9. The fraction of sp³-hybridized carbons (Fsp3) is 0.843. The van der Waals surface area contributed by atoms with Gasteiger partial charge in [-0.1, -0.05) is 194 Å². The van der Waals surface area contributed by atoms with E-state index in [-0.39, 0.29) is 12.8 Å². The molecule has 3 rings (SSSR count). The average molecular weight is 1640 g/mol. The van der Waals surface area contributed by atoms with Gasteiger partial charge in [0.2, 0.25) is 0 Å². The number of unbranched alkanes of at least 4 members (excludes halogenated alkanes) is 26. The van der Waals surface area contributed by atoms with Crippen molar-refractivity contribution in [2.75, 3.05) is 19.8 Å². The van der Waals surface area contributed by atoms with Crippen LogP contribution in [0.4, 0.5) is 0 Å². The minimum Gasteiger partial charge on any atom is -0.463 e. The molecule has 3 saturated heterocycles. The smallest absolute Gasteiger partial charge is 0.303 e. The van der Waals surface area contributed by atoms with Crippen LogP contribution in [0.1, 0.15) is 310 Å². The molecule has 0 aliphatic carbocycles. The number of esters is 12. The molecule has 0 aromatic carbocycles. The Hall–Kier alpha value is -7.13. The summed E-state index contributed by atoms with van der Waals surface area (Å²) in [7, 11) is 0. The van der Waals surface area contributed by atoms with Gasteiger partial charge in [-0.25, -0.2) is 0 Å². The Balaban J connectivity index is 2.30. The molecule has 32 nitrogen and oxygen atoms in total. The van der Waals surface area contributed by atoms with E-state index in [4.69, 9.17) is 85.3 Å². The van der Waals surface area contributed by atoms with Crippen LogP contribution in [0.5, 0.6) is 0 Å². The monoisotopic (exact) mass is 1640 g/mol. The highest BCUT2D eigenvalue weighted by atomic mass is 16.8. The van der Waals surface area contributed by atoms with Crippen molar-refractivity contribution in [3.05, 3.63) is 0 Å². The Morgan fingerprint density at radius 1 is 0.322 bits per heavy atom. The fourth-order valence-corrected chi connectivity index (χ4v) is 14.5. The maximum Gasteiger partial charge on any atom is 0.303 e. The molecule has 0 aromatic heterocycles. The Bertz CT molecular complexity index is 2950. The first-order valence-corrected chi connectivity index (χ1v) is 41.8. The summed E-state index contributed by atoms with van der Waals surface area (Å²) in [5.74, 6) is -11.7. The van der Waals surface area contributed by atoms with Crippen LogP contribution >= 0.6 is 0 Å². The molecule has 0 bridgehead atoms. The minimum absolute atomic E-state index is 0.0372. The first-order chi connectivity index (χ1) is 54.6. The van der Waals surface area contributed by atoms with Crippen LogP contribution in [0.15, 0.2) is 0 Å². The van der Waals surface area contributed by atoms with Crippen molar-refractivity contribution >= 4 is 77.5 Å². The van der Waals surface area contributed by atoms with Gasteiger partial charge in [0.25, 0.3) is 5.91 Å². The molecule has 0 radical (unpaired) electrons. The van der Waals surface area contributed by atoms with Crippen molar-refractivity contribution in [1.29, 1.82) is 0 Å². The van der Waals surface area contributed by atoms with Gasteiger partial charge in [-0.3, -0.25) is 62.3 Å². The predicted molar refractivity (Wildman–Crippen MR) is 412 cm³/mol. The van der Waals surface area contributed by atoms with Gasteiger partial charge < -0.3 is 90.6 Å². The van der Waals surface area contributed by atoms with E-state index in [0.717, 1.165) is 160 Å². The van der Waals surface area contributed by atoms with Gasteiger partial charge in [0.05, 0.1) is 18.8 Å². The van der Waals surface area contributed by atoms with Crippen LogP contribution < -0.4 is 5.32 Å². The largest absolute Gasteiger partial charge is 0.463 e. The lowest BCUT2D eigenvalue weighted by atomic mass is 9.95. The van der Waals surface area contributed by atoms with Crippen LogP contribution in [0.3, 0.4) is 0 Å². The third kappa shape index (κ3) is 42.2. The quantitative estimate of drug-likeness (QED) is 0.0336. The van der Waals surface area contributed by atoms with Crippen molar-refractivity contribution in [3.8, 4) is 0 Å². The zero-order valence-corrected chi connectivity index (χ0v) is 71.2. The average Bonchev–Trinajstić information content (AvgIpc) is 0.759. The number of hydrogen-bond donors (Lipinski definition) is 1. The Kier molecular flexibility index (Phi) is 50.7. The van der Waals surface area contributed by atoms with Crippen molar-refractivity contribution < 1.29 is 148 Å². The highest BCUT2D eigenvalue weighted by Crippen LogP contribution is 2.39. The molecule has 0 aromatic rings. The molecule has 0 saturated carbocycles. The normalized spacial score (nSPS) is 24.3. The molecule has 1 N–H and O–H groups in total. The molecule has 32 heteroatoms. The maximum absolute atomic E-state index is 15.1. The lowest BCUT2D eigenvalue weighted by molar-refractivity contribution is -0.386. The van der Waals surface area contributed by atoms with Crippen LogP contribution in [-0.4, -0.2) is 214 Å². The standard InChI is InChI=1S/C83H137NO31/c1-17-18-19-20-21-22-23-24-25-26-27-28-29-30-31-32-33-38-41-44-47-67(103-56(8)88)80(97)84-65(71(105-58(10)90)66(102-55(7)87)46-43-40-37-35-34-36-39-42-45-51(2)3)48-100-81-77(109-62(14)94)76(115-82-78(110-63(15)95)74(107-60(12)92)70(52(4)101-82)104-57(9)89)73(69(112-81)50-99-54(6)86)114-83-79(111-64(16)96)75(108-61(13)93)72(106-59(11)91)68(113-83)49-98-53(5)85/h51-52,65-79,81-83H,17-50H2,1-16H3,(H,84,97)/t52-,65-,66+,67+,68+,69+,70+,71-,72-,73+,74+,75-,76-,77+,78-,79+,81+,82-,83-/m0/s1. The second-order valence-electron chi connectivity index (χ2n) is 30.7. The lowest BCUT2D eigenvalue weighted by Gasteiger charge is -2.50.